The standard InChI is InChI=1S/C21H23F3O2S.CO2/c1-14(2)16(13-27-19-9-10-20(25-4)15(3)11-19)12-26-18-7-5-17(6-8-18)21(22,23)24;2-1-3/h5-11H,12-13H2,1-4H3;. The normalized spacial score (nSPS) is 10.4. The second-order valence-electron chi connectivity index (χ2n) is 6.42. The molecular formula is C22H23F3O4S. The SMILES string of the molecule is COc1ccc(SCC(COc2ccc(C(F)(F)F)cc2)=C(C)C)cc1C.O=C=O. The summed E-state index contributed by atoms with van der Waals surface area (Å²) in [6.45, 7) is 6.35. The Labute approximate surface area is 178 Å². The average molecular weight is 440 g/mol. The summed E-state index contributed by atoms with van der Waals surface area (Å²) in [6.07, 6.45) is -4.09. The molecule has 0 radical (unpaired) electrons. The summed E-state index contributed by atoms with van der Waals surface area (Å²) in [4.78, 5) is 17.4. The van der Waals surface area contributed by atoms with Gasteiger partial charge in [0.15, 0.2) is 0 Å². The number of hydrogen-bond donors (Lipinski definition) is 0. The van der Waals surface area contributed by atoms with Crippen LogP contribution in [0.4, 0.5) is 13.2 Å². The topological polar surface area (TPSA) is 52.6 Å². The maximum atomic E-state index is 12.6. The van der Waals surface area contributed by atoms with Gasteiger partial charge in [-0.05, 0) is 74.4 Å². The molecule has 0 aliphatic rings. The lowest BCUT2D eigenvalue weighted by Crippen LogP contribution is -2.07. The average Bonchev–Trinajstić information content (AvgIpc) is 2.68. The molecule has 8 heteroatoms. The third kappa shape index (κ3) is 8.35. The van der Waals surface area contributed by atoms with Crippen LogP contribution < -0.4 is 9.47 Å². The first-order valence-corrected chi connectivity index (χ1v) is 9.83. The van der Waals surface area contributed by atoms with E-state index >= 15 is 0 Å². The second kappa shape index (κ2) is 12.1. The van der Waals surface area contributed by atoms with E-state index in [-0.39, 0.29) is 6.15 Å². The molecule has 0 spiro atoms. The number of methoxy groups -OCH3 is 1. The van der Waals surface area contributed by atoms with Crippen molar-refractivity contribution in [3.63, 3.8) is 0 Å². The number of benzene rings is 2. The maximum Gasteiger partial charge on any atom is 0.416 e. The van der Waals surface area contributed by atoms with Gasteiger partial charge in [0.2, 0.25) is 0 Å². The van der Waals surface area contributed by atoms with Crippen molar-refractivity contribution in [2.24, 2.45) is 0 Å². The first kappa shape index (κ1) is 25.3. The minimum Gasteiger partial charge on any atom is -0.496 e. The van der Waals surface area contributed by atoms with Crippen molar-refractivity contribution >= 4 is 17.9 Å². The summed E-state index contributed by atoms with van der Waals surface area (Å²) in [5.41, 5.74) is 2.64. The number of halogens is 3. The van der Waals surface area contributed by atoms with Gasteiger partial charge < -0.3 is 9.47 Å². The molecule has 0 aliphatic carbocycles. The van der Waals surface area contributed by atoms with E-state index in [0.29, 0.717) is 12.4 Å². The molecule has 0 unspecified atom stereocenters. The predicted octanol–water partition coefficient (Wildman–Crippen LogP) is 5.95. The molecule has 2 aromatic rings. The molecule has 0 aromatic heterocycles. The minimum atomic E-state index is -4.34. The van der Waals surface area contributed by atoms with E-state index in [0.717, 1.165) is 45.2 Å². The Morgan fingerprint density at radius 2 is 1.67 bits per heavy atom. The van der Waals surface area contributed by atoms with Gasteiger partial charge in [0.25, 0.3) is 0 Å². The highest BCUT2D eigenvalue weighted by Gasteiger charge is 2.30. The lowest BCUT2D eigenvalue weighted by molar-refractivity contribution is -0.191. The summed E-state index contributed by atoms with van der Waals surface area (Å²) < 4.78 is 48.8. The van der Waals surface area contributed by atoms with Gasteiger partial charge in [-0.25, -0.2) is 0 Å². The summed E-state index contributed by atoms with van der Waals surface area (Å²) in [5, 5.41) is 0. The lowest BCUT2D eigenvalue weighted by Gasteiger charge is -2.13. The van der Waals surface area contributed by atoms with Gasteiger partial charge in [-0.15, -0.1) is 11.8 Å². The van der Waals surface area contributed by atoms with Crippen LogP contribution >= 0.6 is 11.8 Å². The first-order chi connectivity index (χ1) is 14.1. The largest absolute Gasteiger partial charge is 0.496 e. The predicted molar refractivity (Wildman–Crippen MR) is 109 cm³/mol. The van der Waals surface area contributed by atoms with Crippen LogP contribution in [-0.2, 0) is 15.8 Å². The summed E-state index contributed by atoms with van der Waals surface area (Å²) >= 11 is 1.69. The molecule has 4 nitrogen and oxygen atoms in total. The molecule has 0 amide bonds. The number of carbonyl (C=O) groups excluding carboxylic acids is 2. The van der Waals surface area contributed by atoms with E-state index in [1.54, 1.807) is 18.9 Å². The molecule has 0 heterocycles. The van der Waals surface area contributed by atoms with E-state index < -0.39 is 11.7 Å². The second-order valence-corrected chi connectivity index (χ2v) is 7.47. The smallest absolute Gasteiger partial charge is 0.416 e. The molecule has 0 fully saturated rings. The number of hydrogen-bond acceptors (Lipinski definition) is 5. The van der Waals surface area contributed by atoms with Crippen molar-refractivity contribution in [3.05, 3.63) is 64.7 Å². The third-order valence-electron chi connectivity index (χ3n) is 4.08. The van der Waals surface area contributed by atoms with Crippen LogP contribution in [0.2, 0.25) is 0 Å². The van der Waals surface area contributed by atoms with Crippen molar-refractivity contribution in [1.29, 1.82) is 0 Å². The van der Waals surface area contributed by atoms with Crippen molar-refractivity contribution in [2.45, 2.75) is 31.8 Å². The van der Waals surface area contributed by atoms with Gasteiger partial charge in [-0.3, -0.25) is 0 Å². The summed E-state index contributed by atoms with van der Waals surface area (Å²) in [6, 6.07) is 10.8. The van der Waals surface area contributed by atoms with Crippen molar-refractivity contribution in [1.82, 2.24) is 0 Å². The zero-order chi connectivity index (χ0) is 22.7. The Bertz CT molecular complexity index is 880. The van der Waals surface area contributed by atoms with Gasteiger partial charge in [0.05, 0.1) is 12.7 Å². The maximum absolute atomic E-state index is 12.6. The molecule has 2 rings (SSSR count). The Balaban J connectivity index is 0.00000141. The highest BCUT2D eigenvalue weighted by atomic mass is 32.2. The zero-order valence-electron chi connectivity index (χ0n) is 17.1. The van der Waals surface area contributed by atoms with E-state index in [1.807, 2.05) is 32.9 Å². The lowest BCUT2D eigenvalue weighted by atomic mass is 10.2. The third-order valence-corrected chi connectivity index (χ3v) is 5.16. The van der Waals surface area contributed by atoms with Crippen LogP contribution in [0.25, 0.3) is 0 Å². The quantitative estimate of drug-likeness (QED) is 0.394. The molecule has 0 saturated carbocycles. The molecule has 0 saturated heterocycles. The Morgan fingerprint density at radius 1 is 1.07 bits per heavy atom. The fraction of sp³-hybridized carbons (Fsp3) is 0.318. The highest BCUT2D eigenvalue weighted by Crippen LogP contribution is 2.31. The fourth-order valence-electron chi connectivity index (χ4n) is 2.35. The number of allylic oxidation sites excluding steroid dienone is 1. The number of thioether (sulfide) groups is 1. The van der Waals surface area contributed by atoms with Gasteiger partial charge in [-0.1, -0.05) is 5.57 Å². The van der Waals surface area contributed by atoms with E-state index in [1.165, 1.54) is 12.1 Å². The number of aryl methyl sites for hydroxylation is 1. The Morgan fingerprint density at radius 3 is 2.13 bits per heavy atom. The number of rotatable bonds is 7. The highest BCUT2D eigenvalue weighted by molar-refractivity contribution is 7.99. The zero-order valence-corrected chi connectivity index (χ0v) is 17.9. The van der Waals surface area contributed by atoms with Gasteiger partial charge in [0, 0.05) is 10.6 Å². The molecular weight excluding hydrogens is 417 g/mol. The van der Waals surface area contributed by atoms with Crippen molar-refractivity contribution in [2.75, 3.05) is 19.5 Å². The molecule has 0 bridgehead atoms. The first-order valence-electron chi connectivity index (χ1n) is 8.84. The van der Waals surface area contributed by atoms with Crippen LogP contribution in [0, 0.1) is 6.92 Å². The molecule has 2 aromatic carbocycles. The summed E-state index contributed by atoms with van der Waals surface area (Å²) in [5.74, 6) is 2.02. The van der Waals surface area contributed by atoms with Crippen LogP contribution in [0.15, 0.2) is 58.5 Å². The molecule has 162 valence electrons. The number of ether oxygens (including phenoxy) is 2. The van der Waals surface area contributed by atoms with Crippen LogP contribution in [0.1, 0.15) is 25.0 Å². The molecule has 0 N–H and O–H groups in total. The van der Waals surface area contributed by atoms with Crippen molar-refractivity contribution < 1.29 is 32.2 Å². The fourth-order valence-corrected chi connectivity index (χ4v) is 3.49. The summed E-state index contributed by atoms with van der Waals surface area (Å²) in [7, 11) is 1.65. The van der Waals surface area contributed by atoms with Gasteiger partial charge >= 0.3 is 12.3 Å². The van der Waals surface area contributed by atoms with E-state index in [4.69, 9.17) is 19.1 Å². The minimum absolute atomic E-state index is 0.250. The van der Waals surface area contributed by atoms with Crippen molar-refractivity contribution in [3.8, 4) is 11.5 Å². The van der Waals surface area contributed by atoms with E-state index in [2.05, 4.69) is 6.07 Å². The molecule has 30 heavy (non-hydrogen) atoms. The Hall–Kier alpha value is -2.70. The monoisotopic (exact) mass is 440 g/mol. The molecule has 0 atom stereocenters. The van der Waals surface area contributed by atoms with Crippen LogP contribution in [-0.4, -0.2) is 25.6 Å². The number of alkyl halides is 3. The van der Waals surface area contributed by atoms with Gasteiger partial charge in [0.1, 0.15) is 18.1 Å². The molecule has 0 aliphatic heterocycles. The van der Waals surface area contributed by atoms with Crippen LogP contribution in [0.3, 0.4) is 0 Å². The van der Waals surface area contributed by atoms with Gasteiger partial charge in [-0.2, -0.15) is 22.8 Å². The van der Waals surface area contributed by atoms with Crippen LogP contribution in [0.5, 0.6) is 11.5 Å². The Kier molecular flexibility index (Phi) is 10.2. The van der Waals surface area contributed by atoms with E-state index in [9.17, 15) is 13.2 Å².